The van der Waals surface area contributed by atoms with Gasteiger partial charge in [0.25, 0.3) is 23.6 Å². The van der Waals surface area contributed by atoms with Gasteiger partial charge in [-0.25, -0.2) is 16.8 Å². The Morgan fingerprint density at radius 2 is 1.38 bits per heavy atom. The SMILES string of the molecule is CCCCCCCCC(Cl)C(Cl)(S(=O)(=O)N=[N+]=[N-])S(=O)(=O)N=[N+]=[N-]. The van der Waals surface area contributed by atoms with E-state index in [1.807, 2.05) is 0 Å². The fourth-order valence-electron chi connectivity index (χ4n) is 1.94. The molecule has 0 aromatic rings. The van der Waals surface area contributed by atoms with Crippen LogP contribution in [0.2, 0.25) is 0 Å². The molecule has 0 amide bonds. The van der Waals surface area contributed by atoms with Crippen LogP contribution in [0, 0.1) is 0 Å². The van der Waals surface area contributed by atoms with Crippen LogP contribution in [0.25, 0.3) is 20.9 Å². The van der Waals surface area contributed by atoms with E-state index in [9.17, 15) is 16.8 Å². The summed E-state index contributed by atoms with van der Waals surface area (Å²) in [7, 11) is -10.2. The Morgan fingerprint density at radius 1 is 0.958 bits per heavy atom. The van der Waals surface area contributed by atoms with Crippen LogP contribution in [-0.4, -0.2) is 25.8 Å². The average Bonchev–Trinajstić information content (AvgIpc) is 2.49. The van der Waals surface area contributed by atoms with Gasteiger partial charge in [-0.2, -0.15) is 0 Å². The second kappa shape index (κ2) is 10.2. The van der Waals surface area contributed by atoms with Crippen molar-refractivity contribution in [2.45, 2.75) is 60.8 Å². The fraction of sp³-hybridized carbons (Fsp3) is 1.00. The minimum absolute atomic E-state index is 0.0858. The Hall–Kier alpha value is -0.900. The standard InChI is InChI=1S/C10H18Cl2N6O4S2/c1-2-3-4-5-6-7-8-9(11)10(12,23(19,20)17-15-13)24(21,22)18-16-14/h9H,2-8H2,1H3. The molecule has 0 aliphatic heterocycles. The molecule has 10 nitrogen and oxygen atoms in total. The van der Waals surface area contributed by atoms with Gasteiger partial charge < -0.3 is 0 Å². The minimum Gasteiger partial charge on any atom is -0.218 e. The lowest BCUT2D eigenvalue weighted by Gasteiger charge is -2.26. The third kappa shape index (κ3) is 5.58. The topological polar surface area (TPSA) is 166 Å². The highest BCUT2D eigenvalue weighted by atomic mass is 35.5. The van der Waals surface area contributed by atoms with E-state index in [1.165, 1.54) is 0 Å². The molecule has 0 heterocycles. The minimum atomic E-state index is -5.11. The van der Waals surface area contributed by atoms with Gasteiger partial charge in [0.05, 0.1) is 5.38 Å². The molecule has 1 unspecified atom stereocenters. The van der Waals surface area contributed by atoms with Crippen LogP contribution in [0.15, 0.2) is 9.04 Å². The molecule has 14 heteroatoms. The number of rotatable bonds is 12. The second-order valence-electron chi connectivity index (χ2n) is 4.90. The molecule has 0 bridgehead atoms. The highest BCUT2D eigenvalue weighted by Crippen LogP contribution is 2.41. The van der Waals surface area contributed by atoms with E-state index in [-0.39, 0.29) is 6.42 Å². The van der Waals surface area contributed by atoms with Crippen molar-refractivity contribution < 1.29 is 16.8 Å². The molecular formula is C10H18Cl2N6O4S2. The zero-order valence-electron chi connectivity index (χ0n) is 12.9. The maximum absolute atomic E-state index is 12.0. The lowest BCUT2D eigenvalue weighted by atomic mass is 10.1. The van der Waals surface area contributed by atoms with E-state index in [1.54, 1.807) is 0 Å². The monoisotopic (exact) mass is 420 g/mol. The van der Waals surface area contributed by atoms with Gasteiger partial charge in [0.15, 0.2) is 0 Å². The zero-order valence-corrected chi connectivity index (χ0v) is 16.1. The molecule has 0 saturated carbocycles. The molecule has 0 saturated heterocycles. The van der Waals surface area contributed by atoms with Gasteiger partial charge in [-0.05, 0) is 17.5 Å². The van der Waals surface area contributed by atoms with Crippen molar-refractivity contribution in [3.8, 4) is 0 Å². The Labute approximate surface area is 150 Å². The van der Waals surface area contributed by atoms with Gasteiger partial charge in [-0.3, -0.25) is 0 Å². The van der Waals surface area contributed by atoms with Gasteiger partial charge in [0.2, 0.25) is 0 Å². The number of sulfonamides is 2. The van der Waals surface area contributed by atoms with Crippen LogP contribution in [0.3, 0.4) is 0 Å². The molecule has 0 aliphatic rings. The quantitative estimate of drug-likeness (QED) is 0.149. The van der Waals surface area contributed by atoms with Crippen LogP contribution < -0.4 is 0 Å². The first kappa shape index (κ1) is 23.1. The van der Waals surface area contributed by atoms with Crippen molar-refractivity contribution in [1.82, 2.24) is 0 Å². The van der Waals surface area contributed by atoms with Crippen molar-refractivity contribution in [3.63, 3.8) is 0 Å². The summed E-state index contributed by atoms with van der Waals surface area (Å²) in [5.41, 5.74) is 16.6. The third-order valence-electron chi connectivity index (χ3n) is 3.18. The molecule has 1 atom stereocenters. The number of halogens is 2. The molecule has 0 aromatic carbocycles. The molecule has 0 spiro atoms. The number of nitrogens with zero attached hydrogens (tertiary/aromatic N) is 6. The molecule has 0 N–H and O–H groups in total. The van der Waals surface area contributed by atoms with E-state index < -0.39 is 29.0 Å². The van der Waals surface area contributed by atoms with Gasteiger partial charge in [-0.1, -0.05) is 57.0 Å². The Bertz CT molecular complexity index is 666. The van der Waals surface area contributed by atoms with Crippen LogP contribution in [-0.2, 0) is 20.0 Å². The summed E-state index contributed by atoms with van der Waals surface area (Å²) in [5.74, 6) is 0. The predicted molar refractivity (Wildman–Crippen MR) is 92.3 cm³/mol. The molecule has 138 valence electrons. The van der Waals surface area contributed by atoms with E-state index in [0.717, 1.165) is 25.7 Å². The maximum atomic E-state index is 12.0. The first-order valence-electron chi connectivity index (χ1n) is 7.05. The number of hydrogen-bond donors (Lipinski definition) is 0. The smallest absolute Gasteiger partial charge is 0.218 e. The number of alkyl halides is 2. The van der Waals surface area contributed by atoms with E-state index in [0.29, 0.717) is 12.8 Å². The summed E-state index contributed by atoms with van der Waals surface area (Å²) in [6.45, 7) is 2.05. The number of unbranched alkanes of at least 4 members (excludes halogenated alkanes) is 5. The Kier molecular flexibility index (Phi) is 9.79. The summed E-state index contributed by atoms with van der Waals surface area (Å²) < 4.78 is 49.6. The normalized spacial score (nSPS) is 15.6. The number of hydrogen-bond acceptors (Lipinski definition) is 4. The van der Waals surface area contributed by atoms with Crippen molar-refractivity contribution in [1.29, 1.82) is 0 Å². The molecule has 0 aliphatic carbocycles. The van der Waals surface area contributed by atoms with Gasteiger partial charge >= 0.3 is 0 Å². The van der Waals surface area contributed by atoms with E-state index in [2.05, 4.69) is 25.8 Å². The Morgan fingerprint density at radius 3 is 1.79 bits per heavy atom. The maximum Gasteiger partial charge on any atom is 0.276 e. The molecule has 24 heavy (non-hydrogen) atoms. The molecule has 0 aromatic heterocycles. The van der Waals surface area contributed by atoms with E-state index >= 15 is 0 Å². The highest BCUT2D eigenvalue weighted by Gasteiger charge is 2.58. The predicted octanol–water partition coefficient (Wildman–Crippen LogP) is 4.52. The first-order chi connectivity index (χ1) is 11.1. The van der Waals surface area contributed by atoms with Gasteiger partial charge in [0, 0.05) is 18.9 Å². The molecule has 0 fully saturated rings. The largest absolute Gasteiger partial charge is 0.276 e. The molecule has 0 radical (unpaired) electrons. The van der Waals surface area contributed by atoms with Crippen molar-refractivity contribution >= 4 is 43.2 Å². The highest BCUT2D eigenvalue weighted by molar-refractivity contribution is 8.11. The fourth-order valence-corrected chi connectivity index (χ4v) is 5.63. The van der Waals surface area contributed by atoms with E-state index in [4.69, 9.17) is 34.3 Å². The Balaban J connectivity index is 5.44. The average molecular weight is 421 g/mol. The summed E-state index contributed by atoms with van der Waals surface area (Å²) >= 11 is 11.7. The summed E-state index contributed by atoms with van der Waals surface area (Å²) in [4.78, 5) is 4.11. The van der Waals surface area contributed by atoms with Crippen molar-refractivity contribution in [2.75, 3.05) is 0 Å². The van der Waals surface area contributed by atoms with Gasteiger partial charge in [-0.15, -0.1) is 11.6 Å². The van der Waals surface area contributed by atoms with Crippen LogP contribution in [0.5, 0.6) is 0 Å². The number of azide groups is 2. The van der Waals surface area contributed by atoms with Crippen molar-refractivity contribution in [2.24, 2.45) is 9.04 Å². The first-order valence-corrected chi connectivity index (χ1v) is 10.7. The zero-order chi connectivity index (χ0) is 18.9. The van der Waals surface area contributed by atoms with Gasteiger partial charge in [0.1, 0.15) is 0 Å². The van der Waals surface area contributed by atoms with Crippen molar-refractivity contribution in [3.05, 3.63) is 20.9 Å². The summed E-state index contributed by atoms with van der Waals surface area (Å²) in [6.07, 6.45) is 4.99. The molecule has 0 rings (SSSR count). The molecular weight excluding hydrogens is 403 g/mol. The van der Waals surface area contributed by atoms with Crippen LogP contribution >= 0.6 is 23.2 Å². The lowest BCUT2D eigenvalue weighted by Crippen LogP contribution is -2.46. The second-order valence-corrected chi connectivity index (χ2v) is 10.2. The summed E-state index contributed by atoms with van der Waals surface area (Å²) in [6, 6.07) is 0. The lowest BCUT2D eigenvalue weighted by molar-refractivity contribution is 0.543. The summed E-state index contributed by atoms with van der Waals surface area (Å²) in [5, 5.41) is -1.67. The third-order valence-corrected chi connectivity index (χ3v) is 9.34. The van der Waals surface area contributed by atoms with Crippen LogP contribution in [0.1, 0.15) is 51.9 Å². The van der Waals surface area contributed by atoms with Crippen LogP contribution in [0.4, 0.5) is 0 Å².